The summed E-state index contributed by atoms with van der Waals surface area (Å²) in [6, 6.07) is 6.11. The fourth-order valence-electron chi connectivity index (χ4n) is 1.97. The van der Waals surface area contributed by atoms with Gasteiger partial charge in [0.15, 0.2) is 0 Å². The lowest BCUT2D eigenvalue weighted by molar-refractivity contribution is 0.0598. The Morgan fingerprint density at radius 3 is 2.35 bits per heavy atom. The molecule has 0 atom stereocenters. The first kappa shape index (κ1) is 14.0. The van der Waals surface area contributed by atoms with Crippen molar-refractivity contribution in [2.75, 3.05) is 7.11 Å². The van der Waals surface area contributed by atoms with Gasteiger partial charge in [-0.05, 0) is 36.2 Å². The minimum absolute atomic E-state index is 0.102. The summed E-state index contributed by atoms with van der Waals surface area (Å²) in [5.41, 5.74) is 0.0781. The minimum Gasteiger partial charge on any atom is -0.507 e. The summed E-state index contributed by atoms with van der Waals surface area (Å²) in [5.74, 6) is -2.38. The van der Waals surface area contributed by atoms with Gasteiger partial charge >= 0.3 is 5.97 Å². The normalized spacial score (nSPS) is 10.4. The molecule has 0 saturated heterocycles. The Morgan fingerprint density at radius 1 is 1.20 bits per heavy atom. The number of carbonyl (C=O) groups is 1. The Hall–Kier alpha value is -2.43. The lowest BCUT2D eigenvalue weighted by Crippen LogP contribution is -2.07. The number of rotatable bonds is 2. The Bertz CT molecular complexity index is 664. The van der Waals surface area contributed by atoms with Crippen molar-refractivity contribution in [1.82, 2.24) is 0 Å². The van der Waals surface area contributed by atoms with Crippen molar-refractivity contribution in [1.29, 1.82) is 0 Å². The van der Waals surface area contributed by atoms with E-state index in [1.54, 1.807) is 0 Å². The zero-order chi connectivity index (χ0) is 14.9. The molecular weight excluding hydrogens is 266 g/mol. The van der Waals surface area contributed by atoms with Gasteiger partial charge in [-0.2, -0.15) is 0 Å². The van der Waals surface area contributed by atoms with E-state index in [1.165, 1.54) is 19.1 Å². The summed E-state index contributed by atoms with van der Waals surface area (Å²) in [7, 11) is 1.13. The van der Waals surface area contributed by atoms with Crippen LogP contribution in [0.1, 0.15) is 15.9 Å². The van der Waals surface area contributed by atoms with E-state index < -0.39 is 17.6 Å². The second-order valence-electron chi connectivity index (χ2n) is 4.28. The van der Waals surface area contributed by atoms with E-state index in [0.29, 0.717) is 0 Å². The third kappa shape index (κ3) is 2.34. The maximum atomic E-state index is 14.3. The first-order chi connectivity index (χ1) is 9.45. The summed E-state index contributed by atoms with van der Waals surface area (Å²) in [6.07, 6.45) is 0. The highest BCUT2D eigenvalue weighted by Gasteiger charge is 2.23. The van der Waals surface area contributed by atoms with E-state index in [0.717, 1.165) is 25.3 Å². The Morgan fingerprint density at radius 2 is 1.80 bits per heavy atom. The van der Waals surface area contributed by atoms with Gasteiger partial charge in [0.25, 0.3) is 0 Å². The molecule has 104 valence electrons. The van der Waals surface area contributed by atoms with Crippen molar-refractivity contribution in [3.05, 3.63) is 53.1 Å². The second kappa shape index (κ2) is 5.28. The molecule has 1 N–H and O–H groups in total. The summed E-state index contributed by atoms with van der Waals surface area (Å²) < 4.78 is 31.8. The van der Waals surface area contributed by atoms with Crippen LogP contribution in [0.25, 0.3) is 11.1 Å². The average molecular weight is 278 g/mol. The number of phenols is 1. The number of aromatic hydroxyl groups is 1. The maximum absolute atomic E-state index is 14.3. The van der Waals surface area contributed by atoms with Gasteiger partial charge < -0.3 is 9.84 Å². The molecule has 0 bridgehead atoms. The Balaban J connectivity index is 2.78. The Labute approximate surface area is 114 Å². The molecule has 5 heteroatoms. The lowest BCUT2D eigenvalue weighted by Gasteiger charge is -2.13. The van der Waals surface area contributed by atoms with Crippen molar-refractivity contribution in [3.8, 4) is 16.9 Å². The highest BCUT2D eigenvalue weighted by molar-refractivity contribution is 6.00. The zero-order valence-electron chi connectivity index (χ0n) is 10.9. The largest absolute Gasteiger partial charge is 0.507 e. The van der Waals surface area contributed by atoms with E-state index in [-0.39, 0.29) is 28.0 Å². The molecule has 0 radical (unpaired) electrons. The quantitative estimate of drug-likeness (QED) is 0.856. The van der Waals surface area contributed by atoms with E-state index in [2.05, 4.69) is 4.74 Å². The lowest BCUT2D eigenvalue weighted by atomic mass is 9.95. The molecule has 2 aromatic carbocycles. The highest BCUT2D eigenvalue weighted by atomic mass is 19.1. The SMILES string of the molecule is COC(=O)c1c(O)cc(C)c(F)c1-c1ccc(F)cc1. The van der Waals surface area contributed by atoms with Gasteiger partial charge in [-0.1, -0.05) is 12.1 Å². The van der Waals surface area contributed by atoms with Gasteiger partial charge in [-0.25, -0.2) is 13.6 Å². The van der Waals surface area contributed by atoms with Crippen molar-refractivity contribution in [2.45, 2.75) is 6.92 Å². The number of ether oxygens (including phenoxy) is 1. The number of benzene rings is 2. The van der Waals surface area contributed by atoms with Crippen LogP contribution >= 0.6 is 0 Å². The molecule has 0 aliphatic rings. The van der Waals surface area contributed by atoms with Crippen LogP contribution < -0.4 is 0 Å². The molecule has 0 unspecified atom stereocenters. The summed E-state index contributed by atoms with van der Waals surface area (Å²) >= 11 is 0. The van der Waals surface area contributed by atoms with E-state index in [9.17, 15) is 18.7 Å². The van der Waals surface area contributed by atoms with Crippen LogP contribution in [0.3, 0.4) is 0 Å². The molecule has 2 rings (SSSR count). The van der Waals surface area contributed by atoms with Crippen LogP contribution in [0.2, 0.25) is 0 Å². The summed E-state index contributed by atoms with van der Waals surface area (Å²) in [6.45, 7) is 1.46. The topological polar surface area (TPSA) is 46.5 Å². The smallest absolute Gasteiger partial charge is 0.342 e. The van der Waals surface area contributed by atoms with Crippen molar-refractivity contribution in [3.63, 3.8) is 0 Å². The minimum atomic E-state index is -0.860. The van der Waals surface area contributed by atoms with Crippen molar-refractivity contribution in [2.24, 2.45) is 0 Å². The van der Waals surface area contributed by atoms with Crippen molar-refractivity contribution >= 4 is 5.97 Å². The number of hydrogen-bond donors (Lipinski definition) is 1. The number of halogens is 2. The van der Waals surface area contributed by atoms with Crippen molar-refractivity contribution < 1.29 is 23.4 Å². The first-order valence-corrected chi connectivity index (χ1v) is 5.82. The van der Waals surface area contributed by atoms with Crippen LogP contribution in [0.5, 0.6) is 5.75 Å². The van der Waals surface area contributed by atoms with E-state index in [4.69, 9.17) is 0 Å². The van der Waals surface area contributed by atoms with E-state index >= 15 is 0 Å². The molecule has 0 saturated carbocycles. The summed E-state index contributed by atoms with van der Waals surface area (Å²) in [4.78, 5) is 11.7. The maximum Gasteiger partial charge on any atom is 0.342 e. The third-order valence-electron chi connectivity index (χ3n) is 2.95. The highest BCUT2D eigenvalue weighted by Crippen LogP contribution is 2.35. The van der Waals surface area contributed by atoms with Crippen LogP contribution in [-0.2, 0) is 4.74 Å². The number of phenolic OH excluding ortho intramolecular Hbond substituents is 1. The fourth-order valence-corrected chi connectivity index (χ4v) is 1.97. The monoisotopic (exact) mass is 278 g/mol. The molecule has 0 heterocycles. The molecule has 0 amide bonds. The van der Waals surface area contributed by atoms with Gasteiger partial charge in [0, 0.05) is 5.56 Å². The molecule has 2 aromatic rings. The van der Waals surface area contributed by atoms with Crippen LogP contribution in [0.4, 0.5) is 8.78 Å². The van der Waals surface area contributed by atoms with Crippen LogP contribution in [-0.4, -0.2) is 18.2 Å². The van der Waals surface area contributed by atoms with Gasteiger partial charge in [0.05, 0.1) is 7.11 Å². The molecule has 0 aliphatic carbocycles. The van der Waals surface area contributed by atoms with Crippen LogP contribution in [0.15, 0.2) is 30.3 Å². The number of aryl methyl sites for hydroxylation is 1. The standard InChI is InChI=1S/C15H12F2O3/c1-8-7-11(18)13(15(19)20-2)12(14(8)17)9-3-5-10(16)6-4-9/h3-7,18H,1-2H3. The second-order valence-corrected chi connectivity index (χ2v) is 4.28. The molecule has 0 fully saturated rings. The summed E-state index contributed by atoms with van der Waals surface area (Å²) in [5, 5.41) is 9.87. The molecule has 0 aromatic heterocycles. The van der Waals surface area contributed by atoms with Gasteiger partial charge in [-0.3, -0.25) is 0 Å². The number of methoxy groups -OCH3 is 1. The Kier molecular flexibility index (Phi) is 3.70. The molecule has 0 spiro atoms. The molecule has 3 nitrogen and oxygen atoms in total. The molecular formula is C15H12F2O3. The number of carbonyl (C=O) groups excluding carboxylic acids is 1. The zero-order valence-corrected chi connectivity index (χ0v) is 10.9. The van der Waals surface area contributed by atoms with Gasteiger partial charge in [0.2, 0.25) is 0 Å². The van der Waals surface area contributed by atoms with Gasteiger partial charge in [-0.15, -0.1) is 0 Å². The van der Waals surface area contributed by atoms with Crippen LogP contribution in [0, 0.1) is 18.6 Å². The van der Waals surface area contributed by atoms with Gasteiger partial charge in [0.1, 0.15) is 22.9 Å². The molecule has 20 heavy (non-hydrogen) atoms. The number of hydrogen-bond acceptors (Lipinski definition) is 3. The third-order valence-corrected chi connectivity index (χ3v) is 2.95. The van der Waals surface area contributed by atoms with E-state index in [1.807, 2.05) is 0 Å². The number of esters is 1. The average Bonchev–Trinajstić information content (AvgIpc) is 2.43. The molecule has 0 aliphatic heterocycles. The first-order valence-electron chi connectivity index (χ1n) is 5.82. The fraction of sp³-hybridized carbons (Fsp3) is 0.133. The predicted molar refractivity (Wildman–Crippen MR) is 69.5 cm³/mol. The predicted octanol–water partition coefficient (Wildman–Crippen LogP) is 3.43.